The van der Waals surface area contributed by atoms with Crippen LogP contribution in [-0.2, 0) is 5.41 Å². The van der Waals surface area contributed by atoms with Crippen molar-refractivity contribution in [3.8, 4) is 11.4 Å². The van der Waals surface area contributed by atoms with Gasteiger partial charge in [0.2, 0.25) is 5.82 Å². The SMILES string of the molecule is CC(C)(C)c1ccc(-c2noc(C(=O)NCCNC(=O)c3ccccc3[N+](=O)[O-])n2)cc1. The molecule has 2 aromatic carbocycles. The fourth-order valence-corrected chi connectivity index (χ4v) is 2.90. The highest BCUT2D eigenvalue weighted by Crippen LogP contribution is 2.25. The first-order valence-corrected chi connectivity index (χ1v) is 9.91. The summed E-state index contributed by atoms with van der Waals surface area (Å²) in [5, 5.41) is 19.9. The van der Waals surface area contributed by atoms with Crippen molar-refractivity contribution in [2.75, 3.05) is 13.1 Å². The van der Waals surface area contributed by atoms with Gasteiger partial charge in [-0.15, -0.1) is 0 Å². The smallest absolute Gasteiger partial charge is 0.316 e. The van der Waals surface area contributed by atoms with Crippen LogP contribution in [0.5, 0.6) is 0 Å². The second-order valence-electron chi connectivity index (χ2n) is 8.04. The van der Waals surface area contributed by atoms with Crippen molar-refractivity contribution in [1.29, 1.82) is 0 Å². The number of nitro groups is 1. The van der Waals surface area contributed by atoms with Crippen LogP contribution in [0.4, 0.5) is 5.69 Å². The quantitative estimate of drug-likeness (QED) is 0.329. The van der Waals surface area contributed by atoms with E-state index in [1.54, 1.807) is 0 Å². The predicted molar refractivity (Wildman–Crippen MR) is 116 cm³/mol. The zero-order chi connectivity index (χ0) is 23.3. The molecule has 0 spiro atoms. The van der Waals surface area contributed by atoms with Gasteiger partial charge in [-0.05, 0) is 17.0 Å². The van der Waals surface area contributed by atoms with E-state index in [2.05, 4.69) is 41.5 Å². The fraction of sp³-hybridized carbons (Fsp3) is 0.273. The van der Waals surface area contributed by atoms with Crippen LogP contribution >= 0.6 is 0 Å². The third-order valence-electron chi connectivity index (χ3n) is 4.67. The number of para-hydroxylation sites is 1. The van der Waals surface area contributed by atoms with Crippen LogP contribution < -0.4 is 10.6 Å². The lowest BCUT2D eigenvalue weighted by Crippen LogP contribution is -2.35. The molecule has 10 nitrogen and oxygen atoms in total. The first kappa shape index (κ1) is 22.6. The number of hydrogen-bond donors (Lipinski definition) is 2. The highest BCUT2D eigenvalue weighted by molar-refractivity contribution is 5.98. The summed E-state index contributed by atoms with van der Waals surface area (Å²) in [4.78, 5) is 38.9. The number of nitrogens with one attached hydrogen (secondary N) is 2. The lowest BCUT2D eigenvalue weighted by atomic mass is 9.87. The Kier molecular flexibility index (Phi) is 6.62. The summed E-state index contributed by atoms with van der Waals surface area (Å²) >= 11 is 0. The number of rotatable bonds is 7. The zero-order valence-corrected chi connectivity index (χ0v) is 17.9. The molecule has 2 N–H and O–H groups in total. The molecule has 1 heterocycles. The lowest BCUT2D eigenvalue weighted by molar-refractivity contribution is -0.385. The minimum Gasteiger partial charge on any atom is -0.350 e. The number of hydrogen-bond acceptors (Lipinski definition) is 7. The first-order valence-electron chi connectivity index (χ1n) is 9.91. The lowest BCUT2D eigenvalue weighted by Gasteiger charge is -2.18. The number of aromatic nitrogens is 2. The van der Waals surface area contributed by atoms with Crippen LogP contribution in [0.1, 0.15) is 47.4 Å². The maximum atomic E-state index is 12.2. The van der Waals surface area contributed by atoms with Gasteiger partial charge in [0.1, 0.15) is 5.56 Å². The van der Waals surface area contributed by atoms with Gasteiger partial charge in [0.25, 0.3) is 11.6 Å². The van der Waals surface area contributed by atoms with E-state index in [-0.39, 0.29) is 35.6 Å². The molecular formula is C22H23N5O5. The van der Waals surface area contributed by atoms with Gasteiger partial charge in [-0.2, -0.15) is 4.98 Å². The van der Waals surface area contributed by atoms with Crippen molar-refractivity contribution < 1.29 is 19.0 Å². The molecule has 0 saturated heterocycles. The number of benzene rings is 2. The van der Waals surface area contributed by atoms with Crippen LogP contribution in [0.15, 0.2) is 53.1 Å². The molecule has 0 bridgehead atoms. The molecule has 0 atom stereocenters. The van der Waals surface area contributed by atoms with E-state index in [1.807, 2.05) is 24.3 Å². The predicted octanol–water partition coefficient (Wildman–Crippen LogP) is 3.10. The minimum atomic E-state index is -0.624. The fourth-order valence-electron chi connectivity index (χ4n) is 2.90. The molecule has 3 aromatic rings. The molecule has 1 aromatic heterocycles. The zero-order valence-electron chi connectivity index (χ0n) is 17.9. The minimum absolute atomic E-state index is 0.0156. The summed E-state index contributed by atoms with van der Waals surface area (Å²) in [5.74, 6) is -1.11. The monoisotopic (exact) mass is 437 g/mol. The first-order chi connectivity index (χ1) is 15.2. The van der Waals surface area contributed by atoms with E-state index >= 15 is 0 Å². The van der Waals surface area contributed by atoms with Gasteiger partial charge in [0, 0.05) is 24.7 Å². The normalized spacial score (nSPS) is 11.1. The molecule has 0 aliphatic carbocycles. The number of nitro benzene ring substituents is 1. The van der Waals surface area contributed by atoms with Crippen LogP contribution in [0.3, 0.4) is 0 Å². The summed E-state index contributed by atoms with van der Waals surface area (Å²) in [6.07, 6.45) is 0. The molecule has 3 rings (SSSR count). The van der Waals surface area contributed by atoms with Gasteiger partial charge in [-0.1, -0.05) is 62.3 Å². The second kappa shape index (κ2) is 9.38. The Labute approximate surface area is 184 Å². The molecule has 0 fully saturated rings. The molecule has 2 amide bonds. The van der Waals surface area contributed by atoms with Crippen molar-refractivity contribution in [2.24, 2.45) is 0 Å². The van der Waals surface area contributed by atoms with Gasteiger partial charge in [-0.3, -0.25) is 19.7 Å². The standard InChI is InChI=1S/C22H23N5O5/c1-22(2,3)15-10-8-14(9-11-15)18-25-21(32-26-18)20(29)24-13-12-23-19(28)16-6-4-5-7-17(16)27(30)31/h4-11H,12-13H2,1-3H3,(H,23,28)(H,24,29). The molecule has 166 valence electrons. The van der Waals surface area contributed by atoms with Gasteiger partial charge in [-0.25, -0.2) is 0 Å². The number of nitrogens with zero attached hydrogens (tertiary/aromatic N) is 3. The maximum absolute atomic E-state index is 12.2. The van der Waals surface area contributed by atoms with Crippen LogP contribution in [0.25, 0.3) is 11.4 Å². The van der Waals surface area contributed by atoms with Crippen molar-refractivity contribution in [2.45, 2.75) is 26.2 Å². The maximum Gasteiger partial charge on any atom is 0.316 e. The van der Waals surface area contributed by atoms with E-state index in [1.165, 1.54) is 24.3 Å². The van der Waals surface area contributed by atoms with Gasteiger partial charge in [0.15, 0.2) is 0 Å². The van der Waals surface area contributed by atoms with Crippen molar-refractivity contribution in [3.63, 3.8) is 0 Å². The average molecular weight is 437 g/mol. The van der Waals surface area contributed by atoms with Crippen molar-refractivity contribution >= 4 is 17.5 Å². The molecule has 0 radical (unpaired) electrons. The number of carbonyl (C=O) groups excluding carboxylic acids is 2. The number of carbonyl (C=O) groups is 2. The third-order valence-corrected chi connectivity index (χ3v) is 4.67. The van der Waals surface area contributed by atoms with Gasteiger partial charge < -0.3 is 15.2 Å². The molecule has 10 heteroatoms. The Balaban J connectivity index is 1.53. The van der Waals surface area contributed by atoms with Crippen LogP contribution in [0.2, 0.25) is 0 Å². The Hall–Kier alpha value is -4.08. The van der Waals surface area contributed by atoms with Crippen LogP contribution in [0, 0.1) is 10.1 Å². The van der Waals surface area contributed by atoms with Crippen molar-refractivity contribution in [3.05, 3.63) is 75.7 Å². The molecule has 32 heavy (non-hydrogen) atoms. The second-order valence-corrected chi connectivity index (χ2v) is 8.04. The molecule has 0 unspecified atom stereocenters. The Morgan fingerprint density at radius 1 is 1.00 bits per heavy atom. The summed E-state index contributed by atoms with van der Waals surface area (Å²) < 4.78 is 5.03. The van der Waals surface area contributed by atoms with E-state index in [9.17, 15) is 19.7 Å². The summed E-state index contributed by atoms with van der Waals surface area (Å²) in [7, 11) is 0. The highest BCUT2D eigenvalue weighted by Gasteiger charge is 2.20. The third kappa shape index (κ3) is 5.34. The topological polar surface area (TPSA) is 140 Å². The number of amides is 2. The summed E-state index contributed by atoms with van der Waals surface area (Å²) in [5.41, 5.74) is 1.55. The van der Waals surface area contributed by atoms with Gasteiger partial charge >= 0.3 is 11.8 Å². The van der Waals surface area contributed by atoms with E-state index in [4.69, 9.17) is 4.52 Å². The summed E-state index contributed by atoms with van der Waals surface area (Å²) in [6.45, 7) is 6.47. The van der Waals surface area contributed by atoms with E-state index in [0.717, 1.165) is 11.1 Å². The van der Waals surface area contributed by atoms with Gasteiger partial charge in [0.05, 0.1) is 4.92 Å². The molecular weight excluding hydrogens is 414 g/mol. The highest BCUT2D eigenvalue weighted by atomic mass is 16.6. The van der Waals surface area contributed by atoms with E-state index < -0.39 is 16.7 Å². The molecule has 0 aliphatic rings. The summed E-state index contributed by atoms with van der Waals surface area (Å²) in [6, 6.07) is 13.3. The molecule has 0 aliphatic heterocycles. The molecule has 0 saturated carbocycles. The largest absolute Gasteiger partial charge is 0.350 e. The van der Waals surface area contributed by atoms with E-state index in [0.29, 0.717) is 5.82 Å². The average Bonchev–Trinajstić information content (AvgIpc) is 3.26. The Morgan fingerprint density at radius 2 is 1.62 bits per heavy atom. The van der Waals surface area contributed by atoms with Crippen molar-refractivity contribution in [1.82, 2.24) is 20.8 Å². The van der Waals surface area contributed by atoms with Crippen LogP contribution in [-0.4, -0.2) is 40.0 Å². The Bertz CT molecular complexity index is 1130. The Morgan fingerprint density at radius 3 is 2.25 bits per heavy atom.